The normalized spacial score (nSPS) is 12.3. The predicted molar refractivity (Wildman–Crippen MR) is 105 cm³/mol. The number of benzene rings is 2. The van der Waals surface area contributed by atoms with Crippen molar-refractivity contribution in [2.45, 2.75) is 17.9 Å². The van der Waals surface area contributed by atoms with Crippen LogP contribution in [0.4, 0.5) is 5.69 Å². The second kappa shape index (κ2) is 8.57. The van der Waals surface area contributed by atoms with Crippen LogP contribution in [0.15, 0.2) is 45.8 Å². The molecule has 0 aliphatic rings. The van der Waals surface area contributed by atoms with E-state index in [4.69, 9.17) is 33.1 Å². The number of anilines is 1. The Balaban J connectivity index is 2.15. The fourth-order valence-electron chi connectivity index (χ4n) is 1.95. The van der Waals surface area contributed by atoms with E-state index in [2.05, 4.69) is 21.2 Å². The summed E-state index contributed by atoms with van der Waals surface area (Å²) in [5, 5.41) is 7.95. The largest absolute Gasteiger partial charge is 0.449 e. The van der Waals surface area contributed by atoms with E-state index < -0.39 is 28.0 Å². The van der Waals surface area contributed by atoms with E-state index in [0.29, 0.717) is 0 Å². The van der Waals surface area contributed by atoms with Gasteiger partial charge in [0.05, 0.1) is 26.2 Å². The Morgan fingerprint density at radius 2 is 1.89 bits per heavy atom. The molecule has 0 aromatic heterocycles. The van der Waals surface area contributed by atoms with Gasteiger partial charge in [-0.3, -0.25) is 4.79 Å². The molecule has 2 aromatic carbocycles. The molecule has 2 aromatic rings. The van der Waals surface area contributed by atoms with Crippen LogP contribution in [0, 0.1) is 0 Å². The molecule has 0 aliphatic heterocycles. The van der Waals surface area contributed by atoms with Gasteiger partial charge in [-0.1, -0.05) is 29.3 Å². The van der Waals surface area contributed by atoms with Gasteiger partial charge in [0.25, 0.3) is 5.91 Å². The lowest BCUT2D eigenvalue weighted by molar-refractivity contribution is -0.123. The highest BCUT2D eigenvalue weighted by Crippen LogP contribution is 2.29. The van der Waals surface area contributed by atoms with Gasteiger partial charge in [-0.05, 0) is 53.2 Å². The highest BCUT2D eigenvalue weighted by Gasteiger charge is 2.23. The molecule has 11 heteroatoms. The third-order valence-electron chi connectivity index (χ3n) is 3.35. The Kier molecular flexibility index (Phi) is 6.87. The van der Waals surface area contributed by atoms with Crippen molar-refractivity contribution in [1.82, 2.24) is 0 Å². The van der Waals surface area contributed by atoms with Crippen molar-refractivity contribution in [2.75, 3.05) is 5.32 Å². The van der Waals surface area contributed by atoms with Crippen molar-refractivity contribution >= 4 is 66.7 Å². The molecular weight excluding hydrogens is 483 g/mol. The zero-order valence-corrected chi connectivity index (χ0v) is 17.6. The number of nitrogens with one attached hydrogen (secondary N) is 1. The maximum atomic E-state index is 12.3. The second-order valence-electron chi connectivity index (χ2n) is 5.32. The molecule has 0 bridgehead atoms. The number of carbonyl (C=O) groups is 2. The number of sulfonamides is 1. The van der Waals surface area contributed by atoms with Crippen molar-refractivity contribution in [3.05, 3.63) is 56.5 Å². The number of esters is 1. The Labute approximate surface area is 174 Å². The molecular formula is C16H13BrCl2N2O5S. The number of ether oxygens (including phenoxy) is 1. The van der Waals surface area contributed by atoms with Gasteiger partial charge in [0.15, 0.2) is 6.10 Å². The first-order valence-electron chi connectivity index (χ1n) is 7.29. The van der Waals surface area contributed by atoms with Crippen LogP contribution >= 0.6 is 39.1 Å². The number of carbonyl (C=O) groups excluding carboxylic acids is 2. The van der Waals surface area contributed by atoms with E-state index in [9.17, 15) is 18.0 Å². The van der Waals surface area contributed by atoms with Crippen molar-refractivity contribution in [2.24, 2.45) is 5.14 Å². The van der Waals surface area contributed by atoms with Gasteiger partial charge in [0, 0.05) is 4.47 Å². The highest BCUT2D eigenvalue weighted by molar-refractivity contribution is 9.10. The monoisotopic (exact) mass is 494 g/mol. The minimum atomic E-state index is -4.01. The lowest BCUT2D eigenvalue weighted by atomic mass is 10.2. The molecule has 0 aliphatic carbocycles. The molecule has 0 radical (unpaired) electrons. The third kappa shape index (κ3) is 5.43. The molecule has 0 heterocycles. The van der Waals surface area contributed by atoms with Gasteiger partial charge in [0.1, 0.15) is 0 Å². The Morgan fingerprint density at radius 1 is 1.22 bits per heavy atom. The lowest BCUT2D eigenvalue weighted by Gasteiger charge is -2.15. The Hall–Kier alpha value is -1.65. The maximum absolute atomic E-state index is 12.3. The molecule has 2 rings (SSSR count). The van der Waals surface area contributed by atoms with Gasteiger partial charge >= 0.3 is 5.97 Å². The van der Waals surface area contributed by atoms with Gasteiger partial charge in [0.2, 0.25) is 10.0 Å². The van der Waals surface area contributed by atoms with Crippen LogP contribution in [0.5, 0.6) is 0 Å². The number of halogens is 3. The summed E-state index contributed by atoms with van der Waals surface area (Å²) in [4.78, 5) is 24.3. The molecule has 1 unspecified atom stereocenters. The molecule has 1 atom stereocenters. The molecule has 0 saturated carbocycles. The Bertz CT molecular complexity index is 1010. The predicted octanol–water partition coefficient (Wildman–Crippen LogP) is 3.59. The standard InChI is InChI=1S/C16H13BrCl2N2O5S/c1-8(15(22)21-13-4-2-3-12(18)14(13)19)26-16(23)10-7-9(27(20,24)25)5-6-11(10)17/h2-8H,1H3,(H,21,22)(H2,20,24,25). The first kappa shape index (κ1) is 21.6. The number of amides is 1. The summed E-state index contributed by atoms with van der Waals surface area (Å²) < 4.78 is 28.2. The quantitative estimate of drug-likeness (QED) is 0.615. The lowest BCUT2D eigenvalue weighted by Crippen LogP contribution is -2.30. The van der Waals surface area contributed by atoms with Crippen molar-refractivity contribution in [3.63, 3.8) is 0 Å². The first-order valence-corrected chi connectivity index (χ1v) is 10.4. The summed E-state index contributed by atoms with van der Waals surface area (Å²) in [6.07, 6.45) is -1.20. The smallest absolute Gasteiger partial charge is 0.340 e. The SMILES string of the molecule is CC(OC(=O)c1cc(S(N)(=O)=O)ccc1Br)C(=O)Nc1cccc(Cl)c1Cl. The summed E-state index contributed by atoms with van der Waals surface area (Å²) in [6, 6.07) is 8.31. The third-order valence-corrected chi connectivity index (χ3v) is 5.77. The number of hydrogen-bond donors (Lipinski definition) is 2. The number of rotatable bonds is 5. The van der Waals surface area contributed by atoms with Gasteiger partial charge < -0.3 is 10.1 Å². The summed E-state index contributed by atoms with van der Waals surface area (Å²) in [6.45, 7) is 1.35. The number of hydrogen-bond acceptors (Lipinski definition) is 5. The van der Waals surface area contributed by atoms with E-state index in [-0.39, 0.29) is 30.7 Å². The van der Waals surface area contributed by atoms with E-state index in [0.717, 1.165) is 6.07 Å². The fraction of sp³-hybridized carbons (Fsp3) is 0.125. The molecule has 3 N–H and O–H groups in total. The summed E-state index contributed by atoms with van der Waals surface area (Å²) in [7, 11) is -4.01. The molecule has 0 saturated heterocycles. The molecule has 144 valence electrons. The number of nitrogens with two attached hydrogens (primary N) is 1. The van der Waals surface area contributed by atoms with Gasteiger partial charge in [-0.2, -0.15) is 0 Å². The molecule has 27 heavy (non-hydrogen) atoms. The summed E-state index contributed by atoms with van der Waals surface area (Å²) in [5.41, 5.74) is 0.163. The number of primary sulfonamides is 1. The zero-order valence-electron chi connectivity index (χ0n) is 13.7. The van der Waals surface area contributed by atoms with E-state index in [1.165, 1.54) is 25.1 Å². The van der Waals surface area contributed by atoms with Crippen LogP contribution in [-0.2, 0) is 19.6 Å². The molecule has 0 fully saturated rings. The maximum Gasteiger partial charge on any atom is 0.340 e. The van der Waals surface area contributed by atoms with Crippen LogP contribution in [0.1, 0.15) is 17.3 Å². The topological polar surface area (TPSA) is 116 Å². The molecule has 1 amide bonds. The van der Waals surface area contributed by atoms with Crippen molar-refractivity contribution < 1.29 is 22.7 Å². The van der Waals surface area contributed by atoms with E-state index >= 15 is 0 Å². The summed E-state index contributed by atoms with van der Waals surface area (Å²) >= 11 is 15.0. The molecule has 7 nitrogen and oxygen atoms in total. The van der Waals surface area contributed by atoms with Crippen LogP contribution in [0.25, 0.3) is 0 Å². The van der Waals surface area contributed by atoms with Gasteiger partial charge in [-0.25, -0.2) is 18.4 Å². The average molecular weight is 496 g/mol. The highest BCUT2D eigenvalue weighted by atomic mass is 79.9. The van der Waals surface area contributed by atoms with Gasteiger partial charge in [-0.15, -0.1) is 0 Å². The van der Waals surface area contributed by atoms with Crippen LogP contribution in [0.2, 0.25) is 10.0 Å². The average Bonchev–Trinajstić information content (AvgIpc) is 2.58. The fourth-order valence-corrected chi connectivity index (χ4v) is 3.25. The van der Waals surface area contributed by atoms with Crippen molar-refractivity contribution in [3.8, 4) is 0 Å². The summed E-state index contributed by atoms with van der Waals surface area (Å²) in [5.74, 6) is -1.56. The first-order chi connectivity index (χ1) is 12.5. The van der Waals surface area contributed by atoms with Crippen molar-refractivity contribution in [1.29, 1.82) is 0 Å². The Morgan fingerprint density at radius 3 is 2.52 bits per heavy atom. The zero-order chi connectivity index (χ0) is 20.4. The second-order valence-corrected chi connectivity index (χ2v) is 8.53. The molecule has 0 spiro atoms. The minimum Gasteiger partial charge on any atom is -0.449 e. The minimum absolute atomic E-state index is 0.0954. The van der Waals surface area contributed by atoms with Crippen LogP contribution in [0.3, 0.4) is 0 Å². The van der Waals surface area contributed by atoms with Crippen LogP contribution in [-0.4, -0.2) is 26.4 Å². The van der Waals surface area contributed by atoms with E-state index in [1.807, 2.05) is 0 Å². The van der Waals surface area contributed by atoms with Crippen LogP contribution < -0.4 is 10.5 Å². The van der Waals surface area contributed by atoms with E-state index in [1.54, 1.807) is 12.1 Å².